The molecule has 28 heavy (non-hydrogen) atoms. The Morgan fingerprint density at radius 2 is 1.79 bits per heavy atom. The van der Waals surface area contributed by atoms with Crippen molar-refractivity contribution in [1.82, 2.24) is 4.90 Å². The van der Waals surface area contributed by atoms with Crippen LogP contribution in [0, 0.1) is 5.41 Å². The van der Waals surface area contributed by atoms with Gasteiger partial charge in [0.15, 0.2) is 0 Å². The lowest BCUT2D eigenvalue weighted by Gasteiger charge is -2.23. The molecular weight excluding hydrogens is 371 g/mol. The Balaban J connectivity index is 1.56. The maximum atomic E-state index is 12.7. The van der Waals surface area contributed by atoms with E-state index < -0.39 is 6.36 Å². The van der Waals surface area contributed by atoms with E-state index in [0.717, 1.165) is 35.3 Å². The van der Waals surface area contributed by atoms with Crippen molar-refractivity contribution in [3.63, 3.8) is 0 Å². The molecule has 4 rings (SSSR count). The van der Waals surface area contributed by atoms with E-state index in [0.29, 0.717) is 19.7 Å². The number of hydrogen-bond donors (Lipinski definition) is 0. The lowest BCUT2D eigenvalue weighted by molar-refractivity contribution is -0.274. The third-order valence-corrected chi connectivity index (χ3v) is 5.27. The van der Waals surface area contributed by atoms with Crippen LogP contribution >= 0.6 is 0 Å². The molecule has 1 aliphatic heterocycles. The van der Waals surface area contributed by atoms with Crippen molar-refractivity contribution < 1.29 is 27.4 Å². The number of nitrogens with zero attached hydrogens (tertiary/aromatic N) is 1. The molecule has 1 aliphatic carbocycles. The molecule has 1 fully saturated rings. The number of carbonyl (C=O) groups is 1. The molecule has 0 spiro atoms. The lowest BCUT2D eigenvalue weighted by Crippen LogP contribution is -2.37. The molecule has 2 aromatic carbocycles. The highest BCUT2D eigenvalue weighted by Gasteiger charge is 2.47. The number of rotatable bonds is 3. The number of ether oxygens (including phenoxy) is 2. The van der Waals surface area contributed by atoms with Crippen LogP contribution in [-0.4, -0.2) is 30.3 Å². The number of carbonyl (C=O) groups excluding carboxylic acids is 1. The molecule has 2 aliphatic rings. The van der Waals surface area contributed by atoms with Gasteiger partial charge in [-0.1, -0.05) is 25.1 Å². The number of amides is 1. The van der Waals surface area contributed by atoms with E-state index in [1.165, 1.54) is 12.1 Å². The summed E-state index contributed by atoms with van der Waals surface area (Å²) in [6.07, 6.45) is -2.87. The van der Waals surface area contributed by atoms with Crippen molar-refractivity contribution in [3.8, 4) is 22.6 Å². The number of hydrogen-bond acceptors (Lipinski definition) is 3. The highest BCUT2D eigenvalue weighted by Crippen LogP contribution is 2.47. The summed E-state index contributed by atoms with van der Waals surface area (Å²) in [5, 5.41) is 0. The maximum absolute atomic E-state index is 12.7. The first-order valence-electron chi connectivity index (χ1n) is 9.15. The number of fused-ring (bicyclic) bond motifs is 1. The average Bonchev–Trinajstić information content (AvgIpc) is 3.42. The zero-order chi connectivity index (χ0) is 19.9. The van der Waals surface area contributed by atoms with E-state index >= 15 is 0 Å². The SMILES string of the molecule is CC1(C(=O)N2CCOc3ccc(-c4ccc(OC(F)(F)F)cc4)cc3C2)CC1. The van der Waals surface area contributed by atoms with Gasteiger partial charge in [0.2, 0.25) is 5.91 Å². The highest BCUT2D eigenvalue weighted by atomic mass is 19.4. The third kappa shape index (κ3) is 3.93. The first-order chi connectivity index (χ1) is 13.2. The van der Waals surface area contributed by atoms with Crippen molar-refractivity contribution in [1.29, 1.82) is 0 Å². The molecule has 1 saturated carbocycles. The molecule has 0 radical (unpaired) electrons. The van der Waals surface area contributed by atoms with Crippen molar-refractivity contribution in [2.24, 2.45) is 5.41 Å². The van der Waals surface area contributed by atoms with Gasteiger partial charge in [0, 0.05) is 17.5 Å². The zero-order valence-electron chi connectivity index (χ0n) is 15.4. The molecule has 0 bridgehead atoms. The van der Waals surface area contributed by atoms with Crippen molar-refractivity contribution >= 4 is 5.91 Å². The fourth-order valence-electron chi connectivity index (χ4n) is 3.38. The largest absolute Gasteiger partial charge is 0.573 e. The van der Waals surface area contributed by atoms with Gasteiger partial charge in [0.25, 0.3) is 0 Å². The summed E-state index contributed by atoms with van der Waals surface area (Å²) in [6, 6.07) is 11.4. The molecule has 0 N–H and O–H groups in total. The first-order valence-corrected chi connectivity index (χ1v) is 9.15. The van der Waals surface area contributed by atoms with Crippen LogP contribution < -0.4 is 9.47 Å². The van der Waals surface area contributed by atoms with Gasteiger partial charge in [-0.3, -0.25) is 4.79 Å². The quantitative estimate of drug-likeness (QED) is 0.756. The Morgan fingerprint density at radius 1 is 1.11 bits per heavy atom. The predicted octanol–water partition coefficient (Wildman–Crippen LogP) is 4.77. The minimum absolute atomic E-state index is 0.156. The van der Waals surface area contributed by atoms with Gasteiger partial charge in [0.1, 0.15) is 18.1 Å². The Kier molecular flexibility index (Phi) is 4.48. The molecule has 1 amide bonds. The van der Waals surface area contributed by atoms with Gasteiger partial charge in [-0.2, -0.15) is 0 Å². The van der Waals surface area contributed by atoms with Crippen LogP contribution in [0.25, 0.3) is 11.1 Å². The first kappa shape index (κ1) is 18.7. The topological polar surface area (TPSA) is 38.8 Å². The molecule has 2 aromatic rings. The molecule has 148 valence electrons. The smallest absolute Gasteiger partial charge is 0.491 e. The van der Waals surface area contributed by atoms with Gasteiger partial charge in [0.05, 0.1) is 6.54 Å². The van der Waals surface area contributed by atoms with Gasteiger partial charge in [-0.25, -0.2) is 0 Å². The standard InChI is InChI=1S/C21H20F3NO3/c1-20(8-9-20)19(26)25-10-11-27-18-7-4-15(12-16(18)13-25)14-2-5-17(6-3-14)28-21(22,23)24/h2-7,12H,8-11,13H2,1H3. The minimum Gasteiger partial charge on any atom is -0.491 e. The number of alkyl halides is 3. The van der Waals surface area contributed by atoms with E-state index in [-0.39, 0.29) is 17.1 Å². The molecule has 0 aromatic heterocycles. The summed E-state index contributed by atoms with van der Waals surface area (Å²) in [6.45, 7) is 3.44. The van der Waals surface area contributed by atoms with Crippen LogP contribution in [0.1, 0.15) is 25.3 Å². The van der Waals surface area contributed by atoms with Crippen LogP contribution in [0.2, 0.25) is 0 Å². The molecule has 4 nitrogen and oxygen atoms in total. The van der Waals surface area contributed by atoms with Crippen LogP contribution in [0.15, 0.2) is 42.5 Å². The van der Waals surface area contributed by atoms with Gasteiger partial charge < -0.3 is 14.4 Å². The summed E-state index contributed by atoms with van der Waals surface area (Å²) in [5.41, 5.74) is 2.25. The van der Waals surface area contributed by atoms with E-state index in [9.17, 15) is 18.0 Å². The molecular formula is C21H20F3NO3. The normalized spacial score (nSPS) is 17.9. The molecule has 0 saturated heterocycles. The highest BCUT2D eigenvalue weighted by molar-refractivity contribution is 5.85. The van der Waals surface area contributed by atoms with Crippen LogP contribution in [-0.2, 0) is 11.3 Å². The molecule has 0 atom stereocenters. The summed E-state index contributed by atoms with van der Waals surface area (Å²) < 4.78 is 46.6. The van der Waals surface area contributed by atoms with E-state index in [1.807, 2.05) is 30.0 Å². The second kappa shape index (κ2) is 6.72. The Bertz CT molecular complexity index is 889. The molecule has 1 heterocycles. The Hall–Kier alpha value is -2.70. The Labute approximate surface area is 160 Å². The van der Waals surface area contributed by atoms with E-state index in [2.05, 4.69) is 4.74 Å². The van der Waals surface area contributed by atoms with Crippen molar-refractivity contribution in [3.05, 3.63) is 48.0 Å². The third-order valence-electron chi connectivity index (χ3n) is 5.27. The summed E-state index contributed by atoms with van der Waals surface area (Å²) >= 11 is 0. The minimum atomic E-state index is -4.71. The number of benzene rings is 2. The summed E-state index contributed by atoms with van der Waals surface area (Å²) in [7, 11) is 0. The van der Waals surface area contributed by atoms with Gasteiger partial charge in [-0.15, -0.1) is 13.2 Å². The average molecular weight is 391 g/mol. The predicted molar refractivity (Wildman–Crippen MR) is 96.8 cm³/mol. The monoisotopic (exact) mass is 391 g/mol. The Morgan fingerprint density at radius 3 is 2.43 bits per heavy atom. The summed E-state index contributed by atoms with van der Waals surface area (Å²) in [4.78, 5) is 14.6. The fraction of sp³-hybridized carbons (Fsp3) is 0.381. The van der Waals surface area contributed by atoms with Crippen LogP contribution in [0.3, 0.4) is 0 Å². The molecule has 0 unspecified atom stereocenters. The van der Waals surface area contributed by atoms with Gasteiger partial charge >= 0.3 is 6.36 Å². The van der Waals surface area contributed by atoms with E-state index in [1.54, 1.807) is 12.1 Å². The zero-order valence-corrected chi connectivity index (χ0v) is 15.4. The second-order valence-corrected chi connectivity index (χ2v) is 7.53. The van der Waals surface area contributed by atoms with Crippen LogP contribution in [0.5, 0.6) is 11.5 Å². The second-order valence-electron chi connectivity index (χ2n) is 7.53. The van der Waals surface area contributed by atoms with Crippen LogP contribution in [0.4, 0.5) is 13.2 Å². The van der Waals surface area contributed by atoms with Crippen molar-refractivity contribution in [2.45, 2.75) is 32.7 Å². The van der Waals surface area contributed by atoms with E-state index in [4.69, 9.17) is 4.74 Å². The number of halogens is 3. The fourth-order valence-corrected chi connectivity index (χ4v) is 3.38. The maximum Gasteiger partial charge on any atom is 0.573 e. The molecule has 7 heteroatoms. The van der Waals surface area contributed by atoms with Crippen molar-refractivity contribution in [2.75, 3.05) is 13.2 Å². The lowest BCUT2D eigenvalue weighted by atomic mass is 10.0. The summed E-state index contributed by atoms with van der Waals surface area (Å²) in [5.74, 6) is 0.629. The van der Waals surface area contributed by atoms with Gasteiger partial charge in [-0.05, 0) is 48.2 Å².